The molecule has 1 rings (SSSR count). The summed E-state index contributed by atoms with van der Waals surface area (Å²) >= 11 is 0. The van der Waals surface area contributed by atoms with Crippen LogP contribution in [0.3, 0.4) is 0 Å². The molecule has 1 aliphatic rings. The zero-order valence-corrected chi connectivity index (χ0v) is 7.95. The average molecular weight is 188 g/mol. The first kappa shape index (κ1) is 10.3. The molecule has 0 N–H and O–H groups in total. The molecule has 0 bridgehead atoms. The average Bonchev–Trinajstić information content (AvgIpc) is 2.51. The molecule has 1 saturated heterocycles. The van der Waals surface area contributed by atoms with Crippen LogP contribution < -0.4 is 0 Å². The maximum absolute atomic E-state index is 10.5. The SMILES string of the molecule is CCCCCOCC1COC(=O)O1. The number of rotatable bonds is 6. The smallest absolute Gasteiger partial charge is 0.430 e. The number of unbranched alkanes of at least 4 members (excludes halogenated alkanes) is 2. The maximum Gasteiger partial charge on any atom is 0.508 e. The van der Waals surface area contributed by atoms with Gasteiger partial charge in [-0.2, -0.15) is 0 Å². The largest absolute Gasteiger partial charge is 0.508 e. The van der Waals surface area contributed by atoms with E-state index in [0.717, 1.165) is 13.0 Å². The summed E-state index contributed by atoms with van der Waals surface area (Å²) in [6.07, 6.45) is 2.65. The van der Waals surface area contributed by atoms with Gasteiger partial charge in [0.15, 0.2) is 6.10 Å². The Bertz CT molecular complexity index is 158. The van der Waals surface area contributed by atoms with Crippen molar-refractivity contribution in [3.05, 3.63) is 0 Å². The standard InChI is InChI=1S/C9H16O4/c1-2-3-4-5-11-6-8-7-12-9(10)13-8/h8H,2-7H2,1H3. The number of carbonyl (C=O) groups excluding carboxylic acids is 1. The number of ether oxygens (including phenoxy) is 3. The van der Waals surface area contributed by atoms with Crippen LogP contribution in [-0.2, 0) is 14.2 Å². The van der Waals surface area contributed by atoms with Crippen LogP contribution >= 0.6 is 0 Å². The Labute approximate surface area is 78.2 Å². The van der Waals surface area contributed by atoms with Gasteiger partial charge in [-0.3, -0.25) is 0 Å². The van der Waals surface area contributed by atoms with Crippen molar-refractivity contribution in [3.63, 3.8) is 0 Å². The lowest BCUT2D eigenvalue weighted by molar-refractivity contribution is 0.0445. The van der Waals surface area contributed by atoms with Gasteiger partial charge in [0.2, 0.25) is 0 Å². The molecule has 0 amide bonds. The van der Waals surface area contributed by atoms with Gasteiger partial charge in [-0.15, -0.1) is 0 Å². The molecule has 1 aliphatic heterocycles. The van der Waals surface area contributed by atoms with Crippen LogP contribution in [0, 0.1) is 0 Å². The summed E-state index contributed by atoms with van der Waals surface area (Å²) in [6.45, 7) is 3.66. The van der Waals surface area contributed by atoms with Crippen molar-refractivity contribution in [1.29, 1.82) is 0 Å². The van der Waals surface area contributed by atoms with Gasteiger partial charge in [0.05, 0.1) is 6.61 Å². The third-order valence-electron chi connectivity index (χ3n) is 1.85. The van der Waals surface area contributed by atoms with E-state index in [1.54, 1.807) is 0 Å². The molecule has 0 radical (unpaired) electrons. The minimum Gasteiger partial charge on any atom is -0.430 e. The zero-order valence-electron chi connectivity index (χ0n) is 7.95. The van der Waals surface area contributed by atoms with Gasteiger partial charge in [-0.25, -0.2) is 4.79 Å². The van der Waals surface area contributed by atoms with E-state index < -0.39 is 6.16 Å². The number of carbonyl (C=O) groups is 1. The third kappa shape index (κ3) is 4.12. The first-order valence-electron chi connectivity index (χ1n) is 4.74. The molecule has 0 spiro atoms. The molecule has 4 nitrogen and oxygen atoms in total. The first-order valence-corrected chi connectivity index (χ1v) is 4.74. The Morgan fingerprint density at radius 2 is 2.38 bits per heavy atom. The highest BCUT2D eigenvalue weighted by molar-refractivity contribution is 5.61. The lowest BCUT2D eigenvalue weighted by atomic mass is 10.3. The van der Waals surface area contributed by atoms with Crippen LogP contribution in [0.1, 0.15) is 26.2 Å². The lowest BCUT2D eigenvalue weighted by Gasteiger charge is -2.06. The summed E-state index contributed by atoms with van der Waals surface area (Å²) in [6, 6.07) is 0. The summed E-state index contributed by atoms with van der Waals surface area (Å²) in [5.41, 5.74) is 0. The normalized spacial score (nSPS) is 21.3. The van der Waals surface area contributed by atoms with E-state index in [9.17, 15) is 4.79 Å². The summed E-state index contributed by atoms with van der Waals surface area (Å²) in [5.74, 6) is 0. The summed E-state index contributed by atoms with van der Waals surface area (Å²) in [4.78, 5) is 10.5. The van der Waals surface area contributed by atoms with E-state index in [4.69, 9.17) is 9.47 Å². The van der Waals surface area contributed by atoms with Gasteiger partial charge in [0.25, 0.3) is 0 Å². The summed E-state index contributed by atoms with van der Waals surface area (Å²) < 4.78 is 14.7. The van der Waals surface area contributed by atoms with Crippen molar-refractivity contribution >= 4 is 6.16 Å². The minimum absolute atomic E-state index is 0.200. The molecule has 76 valence electrons. The number of hydrogen-bond donors (Lipinski definition) is 0. The minimum atomic E-state index is -0.581. The van der Waals surface area contributed by atoms with E-state index in [1.807, 2.05) is 0 Å². The van der Waals surface area contributed by atoms with Gasteiger partial charge in [-0.05, 0) is 6.42 Å². The van der Waals surface area contributed by atoms with Crippen molar-refractivity contribution in [2.75, 3.05) is 19.8 Å². The molecule has 0 aromatic carbocycles. The Balaban J connectivity index is 1.91. The van der Waals surface area contributed by atoms with Gasteiger partial charge in [0.1, 0.15) is 6.61 Å². The molecular formula is C9H16O4. The van der Waals surface area contributed by atoms with Crippen molar-refractivity contribution in [2.45, 2.75) is 32.3 Å². The number of cyclic esters (lactones) is 2. The Kier molecular flexibility index (Phi) is 4.60. The van der Waals surface area contributed by atoms with Gasteiger partial charge in [-0.1, -0.05) is 19.8 Å². The molecule has 0 aliphatic carbocycles. The van der Waals surface area contributed by atoms with E-state index >= 15 is 0 Å². The second kappa shape index (κ2) is 5.80. The van der Waals surface area contributed by atoms with Crippen LogP contribution in [0.4, 0.5) is 4.79 Å². The molecule has 4 heteroatoms. The predicted molar refractivity (Wildman–Crippen MR) is 46.6 cm³/mol. The molecule has 1 unspecified atom stereocenters. The fourth-order valence-corrected chi connectivity index (χ4v) is 1.12. The predicted octanol–water partition coefficient (Wildman–Crippen LogP) is 1.73. The Morgan fingerprint density at radius 3 is 3.00 bits per heavy atom. The molecule has 1 fully saturated rings. The molecule has 0 aromatic rings. The second-order valence-electron chi connectivity index (χ2n) is 3.08. The molecule has 1 heterocycles. The van der Waals surface area contributed by atoms with Gasteiger partial charge >= 0.3 is 6.16 Å². The molecule has 13 heavy (non-hydrogen) atoms. The second-order valence-corrected chi connectivity index (χ2v) is 3.08. The molecular weight excluding hydrogens is 172 g/mol. The fraction of sp³-hybridized carbons (Fsp3) is 0.889. The van der Waals surface area contributed by atoms with E-state index in [0.29, 0.717) is 13.2 Å². The fourth-order valence-electron chi connectivity index (χ4n) is 1.12. The quantitative estimate of drug-likeness (QED) is 0.470. The van der Waals surface area contributed by atoms with Gasteiger partial charge < -0.3 is 14.2 Å². The van der Waals surface area contributed by atoms with Crippen LogP contribution in [0.2, 0.25) is 0 Å². The van der Waals surface area contributed by atoms with Crippen LogP contribution in [0.15, 0.2) is 0 Å². The highest BCUT2D eigenvalue weighted by Gasteiger charge is 2.24. The topological polar surface area (TPSA) is 44.8 Å². The van der Waals surface area contributed by atoms with Crippen LogP contribution in [-0.4, -0.2) is 32.1 Å². The highest BCUT2D eigenvalue weighted by atomic mass is 16.8. The number of hydrogen-bond acceptors (Lipinski definition) is 4. The third-order valence-corrected chi connectivity index (χ3v) is 1.85. The molecule has 1 atom stereocenters. The molecule has 0 aromatic heterocycles. The Hall–Kier alpha value is -0.770. The van der Waals surface area contributed by atoms with Gasteiger partial charge in [0, 0.05) is 6.61 Å². The first-order chi connectivity index (χ1) is 6.33. The van der Waals surface area contributed by atoms with E-state index in [2.05, 4.69) is 11.7 Å². The Morgan fingerprint density at radius 1 is 1.54 bits per heavy atom. The van der Waals surface area contributed by atoms with Crippen molar-refractivity contribution < 1.29 is 19.0 Å². The van der Waals surface area contributed by atoms with Crippen LogP contribution in [0.5, 0.6) is 0 Å². The van der Waals surface area contributed by atoms with Crippen molar-refractivity contribution in [2.24, 2.45) is 0 Å². The van der Waals surface area contributed by atoms with E-state index in [-0.39, 0.29) is 6.10 Å². The molecule has 0 saturated carbocycles. The van der Waals surface area contributed by atoms with Crippen molar-refractivity contribution in [3.8, 4) is 0 Å². The van der Waals surface area contributed by atoms with E-state index in [1.165, 1.54) is 12.8 Å². The van der Waals surface area contributed by atoms with Crippen LogP contribution in [0.25, 0.3) is 0 Å². The summed E-state index contributed by atoms with van der Waals surface area (Å²) in [7, 11) is 0. The maximum atomic E-state index is 10.5. The lowest BCUT2D eigenvalue weighted by Crippen LogP contribution is -2.18. The monoisotopic (exact) mass is 188 g/mol. The summed E-state index contributed by atoms with van der Waals surface area (Å²) in [5, 5.41) is 0. The van der Waals surface area contributed by atoms with Crippen molar-refractivity contribution in [1.82, 2.24) is 0 Å². The zero-order chi connectivity index (χ0) is 9.52. The highest BCUT2D eigenvalue weighted by Crippen LogP contribution is 2.06.